The van der Waals surface area contributed by atoms with Crippen molar-refractivity contribution in [3.8, 4) is 0 Å². The van der Waals surface area contributed by atoms with Gasteiger partial charge in [-0.1, -0.05) is 62.1 Å². The van der Waals surface area contributed by atoms with Gasteiger partial charge in [-0.3, -0.25) is 19.4 Å². The van der Waals surface area contributed by atoms with Crippen LogP contribution in [0.4, 0.5) is 0 Å². The first-order valence-electron chi connectivity index (χ1n) is 16.3. The van der Waals surface area contributed by atoms with Crippen LogP contribution in [0.25, 0.3) is 0 Å². The molecule has 9 heteroatoms. The summed E-state index contributed by atoms with van der Waals surface area (Å²) in [4.78, 5) is 42.7. The molecule has 1 aliphatic heterocycles. The van der Waals surface area contributed by atoms with Gasteiger partial charge >= 0.3 is 5.97 Å². The molecule has 1 aromatic heterocycles. The number of carbonyl (C=O) groups is 3. The summed E-state index contributed by atoms with van der Waals surface area (Å²) < 4.78 is 16.8. The van der Waals surface area contributed by atoms with Crippen LogP contribution >= 0.6 is 0 Å². The monoisotopic (exact) mass is 609 g/mol. The number of nitrogens with one attached hydrogen (secondary N) is 1. The van der Waals surface area contributed by atoms with Crippen LogP contribution in [-0.2, 0) is 35.2 Å². The molecule has 1 N–H and O–H groups in total. The lowest BCUT2D eigenvalue weighted by atomic mass is 9.94. The molecule has 2 amide bonds. The molecule has 2 aromatic rings. The summed E-state index contributed by atoms with van der Waals surface area (Å²) >= 11 is 0. The molecule has 1 aromatic carbocycles. The van der Waals surface area contributed by atoms with Crippen molar-refractivity contribution in [3.63, 3.8) is 0 Å². The summed E-state index contributed by atoms with van der Waals surface area (Å²) in [6.45, 7) is 3.88. The average molecular weight is 610 g/mol. The van der Waals surface area contributed by atoms with Crippen molar-refractivity contribution < 1.29 is 28.6 Å². The normalized spacial score (nSPS) is 16.3. The molecule has 1 aliphatic rings. The first-order valence-corrected chi connectivity index (χ1v) is 16.3. The number of ether oxygens (including phenoxy) is 3. The summed E-state index contributed by atoms with van der Waals surface area (Å²) in [5.41, 5.74) is 1.90. The van der Waals surface area contributed by atoms with E-state index < -0.39 is 0 Å². The number of unbranched alkanes of at least 4 members (excludes halogenated alkanes) is 7. The fourth-order valence-electron chi connectivity index (χ4n) is 5.39. The second-order valence-electron chi connectivity index (χ2n) is 11.5. The van der Waals surface area contributed by atoms with Crippen LogP contribution < -0.4 is 5.32 Å². The van der Waals surface area contributed by atoms with E-state index in [2.05, 4.69) is 10.3 Å². The average Bonchev–Trinajstić information content (AvgIpc) is 3.35. The molecule has 0 unspecified atom stereocenters. The molecule has 0 bridgehead atoms. The largest absolute Gasteiger partial charge is 0.461 e. The van der Waals surface area contributed by atoms with Crippen molar-refractivity contribution in [2.24, 2.45) is 5.92 Å². The Bertz CT molecular complexity index is 1080. The van der Waals surface area contributed by atoms with Crippen LogP contribution in [0.5, 0.6) is 0 Å². The Morgan fingerprint density at radius 3 is 2.14 bits per heavy atom. The summed E-state index contributed by atoms with van der Waals surface area (Å²) in [5.74, 6) is -0.623. The number of benzene rings is 1. The number of hydrogen-bond donors (Lipinski definition) is 1. The molecule has 3 rings (SSSR count). The molecule has 0 radical (unpaired) electrons. The van der Waals surface area contributed by atoms with E-state index in [1.165, 1.54) is 25.7 Å². The van der Waals surface area contributed by atoms with Gasteiger partial charge in [0.1, 0.15) is 6.61 Å². The predicted octanol–water partition coefficient (Wildman–Crippen LogP) is 5.78. The highest BCUT2D eigenvalue weighted by Gasteiger charge is 2.42. The number of nitrogens with zero attached hydrogens (tertiary/aromatic N) is 2. The summed E-state index contributed by atoms with van der Waals surface area (Å²) in [6.07, 6.45) is 14.4. The maximum absolute atomic E-state index is 12.8. The minimum absolute atomic E-state index is 0.0134. The molecule has 44 heavy (non-hydrogen) atoms. The number of carbonyl (C=O) groups excluding carboxylic acids is 3. The smallest absolute Gasteiger partial charge is 0.306 e. The Labute approximate surface area is 263 Å². The first kappa shape index (κ1) is 35.2. The highest BCUT2D eigenvalue weighted by Crippen LogP contribution is 2.36. The number of hydrogen-bond acceptors (Lipinski definition) is 7. The molecular formula is C35H51N3O6. The summed E-state index contributed by atoms with van der Waals surface area (Å²) in [5, 5.41) is 3.01. The molecule has 2 atom stereocenters. The van der Waals surface area contributed by atoms with E-state index in [0.29, 0.717) is 32.8 Å². The topological polar surface area (TPSA) is 107 Å². The fraction of sp³-hybridized carbons (Fsp3) is 0.600. The van der Waals surface area contributed by atoms with Gasteiger partial charge in [-0.2, -0.15) is 0 Å². The molecule has 242 valence electrons. The number of pyridine rings is 1. The van der Waals surface area contributed by atoms with Gasteiger partial charge in [0, 0.05) is 65.3 Å². The van der Waals surface area contributed by atoms with Crippen LogP contribution in [-0.4, -0.2) is 67.7 Å². The number of aromatic nitrogens is 1. The third-order valence-corrected chi connectivity index (χ3v) is 7.95. The standard InChI is InChI=1S/C35H51N3O6/c1-38-32(39)26-31(34(38)30-18-15-20-36-27-30)35(41)37-21-10-14-25-43-23-12-5-3-2-4-11-22-42-24-13-9-19-33(40)44-28-29-16-7-6-8-17-29/h6-8,15-18,20,27,31,34H,2-5,9-14,19,21-26,28H2,1H3,(H,37,41)/t31-,34+/m0/s1. The maximum Gasteiger partial charge on any atom is 0.306 e. The first-order chi connectivity index (χ1) is 21.6. The van der Waals surface area contributed by atoms with Crippen LogP contribution in [0.3, 0.4) is 0 Å². The van der Waals surface area contributed by atoms with Gasteiger partial charge in [-0.25, -0.2) is 0 Å². The van der Waals surface area contributed by atoms with Crippen molar-refractivity contribution in [1.29, 1.82) is 0 Å². The third-order valence-electron chi connectivity index (χ3n) is 7.95. The minimum Gasteiger partial charge on any atom is -0.461 e. The van der Waals surface area contributed by atoms with Crippen LogP contribution in [0.2, 0.25) is 0 Å². The zero-order valence-electron chi connectivity index (χ0n) is 26.4. The molecule has 0 saturated carbocycles. The zero-order chi connectivity index (χ0) is 31.2. The highest BCUT2D eigenvalue weighted by molar-refractivity contribution is 5.90. The predicted molar refractivity (Wildman–Crippen MR) is 170 cm³/mol. The van der Waals surface area contributed by atoms with Gasteiger partial charge in [0.15, 0.2) is 0 Å². The molecule has 2 heterocycles. The third kappa shape index (κ3) is 13.6. The fourth-order valence-corrected chi connectivity index (χ4v) is 5.39. The Hall–Kier alpha value is -3.30. The second-order valence-corrected chi connectivity index (χ2v) is 11.5. The summed E-state index contributed by atoms with van der Waals surface area (Å²) in [6, 6.07) is 13.2. The van der Waals surface area contributed by atoms with Gasteiger partial charge in [0.2, 0.25) is 11.8 Å². The molecular weight excluding hydrogens is 558 g/mol. The molecule has 9 nitrogen and oxygen atoms in total. The molecule has 1 fully saturated rings. The van der Waals surface area contributed by atoms with E-state index in [0.717, 1.165) is 62.9 Å². The molecule has 0 aliphatic carbocycles. The Morgan fingerprint density at radius 1 is 0.841 bits per heavy atom. The van der Waals surface area contributed by atoms with E-state index in [1.54, 1.807) is 24.3 Å². The summed E-state index contributed by atoms with van der Waals surface area (Å²) in [7, 11) is 1.75. The Balaban J connectivity index is 1.04. The van der Waals surface area contributed by atoms with E-state index in [9.17, 15) is 14.4 Å². The Kier molecular flexibility index (Phi) is 17.1. The lowest BCUT2D eigenvalue weighted by Gasteiger charge is -2.24. The number of rotatable bonds is 23. The maximum atomic E-state index is 12.8. The van der Waals surface area contributed by atoms with Crippen molar-refractivity contribution in [3.05, 3.63) is 66.0 Å². The number of amides is 2. The van der Waals surface area contributed by atoms with Crippen LogP contribution in [0, 0.1) is 5.92 Å². The lowest BCUT2D eigenvalue weighted by Crippen LogP contribution is -2.35. The van der Waals surface area contributed by atoms with Crippen molar-refractivity contribution in [2.45, 2.75) is 89.7 Å². The van der Waals surface area contributed by atoms with Crippen LogP contribution in [0.15, 0.2) is 54.9 Å². The van der Waals surface area contributed by atoms with Gasteiger partial charge in [0.05, 0.1) is 12.0 Å². The number of esters is 1. The molecule has 1 saturated heterocycles. The molecule has 0 spiro atoms. The van der Waals surface area contributed by atoms with Gasteiger partial charge in [-0.15, -0.1) is 0 Å². The van der Waals surface area contributed by atoms with Crippen LogP contribution in [0.1, 0.15) is 94.2 Å². The van der Waals surface area contributed by atoms with E-state index in [-0.39, 0.29) is 36.2 Å². The van der Waals surface area contributed by atoms with E-state index in [4.69, 9.17) is 14.2 Å². The van der Waals surface area contributed by atoms with E-state index >= 15 is 0 Å². The van der Waals surface area contributed by atoms with Crippen molar-refractivity contribution >= 4 is 17.8 Å². The van der Waals surface area contributed by atoms with Crippen molar-refractivity contribution in [1.82, 2.24) is 15.2 Å². The quantitative estimate of drug-likeness (QED) is 0.126. The van der Waals surface area contributed by atoms with Gasteiger partial charge in [0.25, 0.3) is 0 Å². The van der Waals surface area contributed by atoms with Gasteiger partial charge < -0.3 is 24.4 Å². The second kappa shape index (κ2) is 21.4. The van der Waals surface area contributed by atoms with Gasteiger partial charge in [-0.05, 0) is 55.7 Å². The highest BCUT2D eigenvalue weighted by atomic mass is 16.5. The lowest BCUT2D eigenvalue weighted by molar-refractivity contribution is -0.145. The number of likely N-dealkylation sites (tertiary alicyclic amines) is 1. The van der Waals surface area contributed by atoms with Crippen molar-refractivity contribution in [2.75, 3.05) is 40.0 Å². The van der Waals surface area contributed by atoms with E-state index in [1.807, 2.05) is 42.5 Å². The Morgan fingerprint density at radius 2 is 1.48 bits per heavy atom. The SMILES string of the molecule is CN1C(=O)C[C@H](C(=O)NCCCCOCCCCCCCCOCCCCC(=O)OCc2ccccc2)[C@H]1c1cccnc1. The minimum atomic E-state index is -0.389. The zero-order valence-corrected chi connectivity index (χ0v) is 26.4.